The van der Waals surface area contributed by atoms with Crippen molar-refractivity contribution in [3.8, 4) is 39.9 Å². The molecule has 4 N–H and O–H groups in total. The van der Waals surface area contributed by atoms with Gasteiger partial charge in [0, 0.05) is 17.7 Å². The number of methoxy groups -OCH3 is 4. The molecule has 2 heterocycles. The molecule has 0 aliphatic heterocycles. The number of fused-ring (bicyclic) bond motifs is 1. The molecule has 0 saturated carbocycles. The van der Waals surface area contributed by atoms with E-state index in [2.05, 4.69) is 9.97 Å². The first-order valence-corrected chi connectivity index (χ1v) is 10.4. The highest BCUT2D eigenvalue weighted by atomic mass is 16.5. The van der Waals surface area contributed by atoms with Gasteiger partial charge in [-0.05, 0) is 24.3 Å². The molecular weight excluding hydrogens is 472 g/mol. The average molecular weight is 494 g/mol. The molecular formula is C24H22N4O8. The number of carbonyl (C=O) groups excluding carboxylic acids is 1. The van der Waals surface area contributed by atoms with Gasteiger partial charge in [-0.25, -0.2) is 14.6 Å². The number of nitrogens with one attached hydrogen (secondary N) is 1. The Kier molecular flexibility index (Phi) is 6.26. The molecule has 0 aliphatic rings. The minimum atomic E-state index is -1.21. The molecule has 0 fully saturated rings. The van der Waals surface area contributed by atoms with Crippen LogP contribution in [0, 0.1) is 0 Å². The van der Waals surface area contributed by atoms with E-state index in [0.717, 1.165) is 0 Å². The zero-order valence-electron chi connectivity index (χ0n) is 19.7. The molecule has 0 aliphatic carbocycles. The van der Waals surface area contributed by atoms with Gasteiger partial charge in [0.1, 0.15) is 11.3 Å². The standard InChI is InChI=1S/C24H22N4O8/c1-33-16-6-5-11(7-13(16)23(30)31)14-10-15-19(20(26-14)22(25)29)27-24(32)28(15)12-8-17(34-2)21(36-4)18(9-12)35-3/h5-10H,1-4H3,(H2,25,29)(H,27,32)(H,30,31). The van der Waals surface area contributed by atoms with Gasteiger partial charge in [0.05, 0.1) is 50.9 Å². The number of carbonyl (C=O) groups is 2. The molecule has 0 radical (unpaired) electrons. The van der Waals surface area contributed by atoms with Crippen molar-refractivity contribution < 1.29 is 33.6 Å². The second kappa shape index (κ2) is 9.33. The molecule has 4 rings (SSSR count). The van der Waals surface area contributed by atoms with Crippen LogP contribution < -0.4 is 30.4 Å². The number of pyridine rings is 1. The molecule has 36 heavy (non-hydrogen) atoms. The highest BCUT2D eigenvalue weighted by Crippen LogP contribution is 2.40. The molecule has 2 aromatic heterocycles. The highest BCUT2D eigenvalue weighted by molar-refractivity contribution is 6.03. The number of H-pyrrole nitrogens is 1. The van der Waals surface area contributed by atoms with Gasteiger partial charge in [-0.1, -0.05) is 0 Å². The fourth-order valence-corrected chi connectivity index (χ4v) is 3.92. The zero-order valence-corrected chi connectivity index (χ0v) is 19.7. The number of hydrogen-bond donors (Lipinski definition) is 3. The van der Waals surface area contributed by atoms with Crippen LogP contribution in [0.4, 0.5) is 0 Å². The fraction of sp³-hybridized carbons (Fsp3) is 0.167. The maximum Gasteiger partial charge on any atom is 0.339 e. The molecule has 0 atom stereocenters. The number of ether oxygens (including phenoxy) is 4. The van der Waals surface area contributed by atoms with E-state index < -0.39 is 17.6 Å². The summed E-state index contributed by atoms with van der Waals surface area (Å²) in [7, 11) is 5.69. The Hall–Kier alpha value is -5.00. The molecule has 12 nitrogen and oxygen atoms in total. The second-order valence-corrected chi connectivity index (χ2v) is 7.48. The van der Waals surface area contributed by atoms with Gasteiger partial charge in [0.2, 0.25) is 5.75 Å². The number of imidazole rings is 1. The van der Waals surface area contributed by atoms with E-state index in [4.69, 9.17) is 24.7 Å². The van der Waals surface area contributed by atoms with Gasteiger partial charge in [0.25, 0.3) is 5.91 Å². The Balaban J connectivity index is 2.04. The summed E-state index contributed by atoms with van der Waals surface area (Å²) in [4.78, 5) is 44.0. The number of aromatic carboxylic acids is 1. The third kappa shape index (κ3) is 3.94. The molecule has 0 saturated heterocycles. The van der Waals surface area contributed by atoms with Crippen molar-refractivity contribution in [2.75, 3.05) is 28.4 Å². The van der Waals surface area contributed by atoms with Gasteiger partial charge in [-0.2, -0.15) is 0 Å². The number of nitrogens with two attached hydrogens (primary N) is 1. The number of primary amides is 1. The summed E-state index contributed by atoms with van der Waals surface area (Å²) >= 11 is 0. The first-order chi connectivity index (χ1) is 17.2. The van der Waals surface area contributed by atoms with Gasteiger partial charge in [-0.15, -0.1) is 0 Å². The Morgan fingerprint density at radius 2 is 1.58 bits per heavy atom. The van der Waals surface area contributed by atoms with Crippen molar-refractivity contribution in [3.63, 3.8) is 0 Å². The largest absolute Gasteiger partial charge is 0.496 e. The van der Waals surface area contributed by atoms with Crippen molar-refractivity contribution >= 4 is 22.9 Å². The lowest BCUT2D eigenvalue weighted by Crippen LogP contribution is -2.15. The van der Waals surface area contributed by atoms with E-state index in [1.807, 2.05) is 0 Å². The summed E-state index contributed by atoms with van der Waals surface area (Å²) in [5.41, 5.74) is 5.98. The van der Waals surface area contributed by atoms with Gasteiger partial charge in [0.15, 0.2) is 17.2 Å². The van der Waals surface area contributed by atoms with E-state index >= 15 is 0 Å². The molecule has 1 amide bonds. The third-order valence-corrected chi connectivity index (χ3v) is 5.54. The number of hydrogen-bond acceptors (Lipinski definition) is 8. The minimum Gasteiger partial charge on any atom is -0.496 e. The van der Waals surface area contributed by atoms with E-state index in [-0.39, 0.29) is 33.7 Å². The number of carboxylic acid groups (broad SMARTS) is 1. The molecule has 2 aromatic carbocycles. The van der Waals surface area contributed by atoms with Gasteiger partial charge < -0.3 is 34.8 Å². The zero-order chi connectivity index (χ0) is 26.1. The number of benzene rings is 2. The van der Waals surface area contributed by atoms with Gasteiger partial charge >= 0.3 is 11.7 Å². The van der Waals surface area contributed by atoms with Gasteiger partial charge in [-0.3, -0.25) is 9.36 Å². The summed E-state index contributed by atoms with van der Waals surface area (Å²) in [5.74, 6) is -1.000. The normalized spacial score (nSPS) is 10.8. The number of nitrogens with zero attached hydrogens (tertiary/aromatic N) is 2. The molecule has 186 valence electrons. The monoisotopic (exact) mass is 494 g/mol. The summed E-state index contributed by atoms with van der Waals surface area (Å²) < 4.78 is 22.5. The van der Waals surface area contributed by atoms with E-state index in [1.165, 1.54) is 51.2 Å². The van der Waals surface area contributed by atoms with Crippen LogP contribution in [-0.2, 0) is 0 Å². The van der Waals surface area contributed by atoms with Crippen LogP contribution in [-0.4, -0.2) is 60.0 Å². The summed E-state index contributed by atoms with van der Waals surface area (Å²) in [6, 6.07) is 9.08. The Morgan fingerprint density at radius 1 is 0.944 bits per heavy atom. The molecule has 0 unspecified atom stereocenters. The summed E-state index contributed by atoms with van der Waals surface area (Å²) in [6.45, 7) is 0. The van der Waals surface area contributed by atoms with Crippen LogP contribution >= 0.6 is 0 Å². The summed E-state index contributed by atoms with van der Waals surface area (Å²) in [5, 5.41) is 9.56. The minimum absolute atomic E-state index is 0.103. The van der Waals surface area contributed by atoms with E-state index in [1.54, 1.807) is 18.2 Å². The number of carboxylic acids is 1. The van der Waals surface area contributed by atoms with Crippen LogP contribution in [0.5, 0.6) is 23.0 Å². The lowest BCUT2D eigenvalue weighted by molar-refractivity contribution is 0.0693. The lowest BCUT2D eigenvalue weighted by atomic mass is 10.1. The maximum absolute atomic E-state index is 13.1. The summed E-state index contributed by atoms with van der Waals surface area (Å²) in [6.07, 6.45) is 0. The number of rotatable bonds is 8. The smallest absolute Gasteiger partial charge is 0.339 e. The first-order valence-electron chi connectivity index (χ1n) is 10.4. The second-order valence-electron chi connectivity index (χ2n) is 7.48. The van der Waals surface area contributed by atoms with E-state index in [0.29, 0.717) is 28.5 Å². The SMILES string of the molecule is COc1ccc(-c2cc3c([nH]c(=O)n3-c3cc(OC)c(OC)c(OC)c3)c(C(N)=O)n2)cc1C(=O)O. The van der Waals surface area contributed by atoms with Crippen molar-refractivity contribution in [2.45, 2.75) is 0 Å². The Morgan fingerprint density at radius 3 is 2.11 bits per heavy atom. The molecule has 0 spiro atoms. The Labute approximate surface area is 203 Å². The van der Waals surface area contributed by atoms with Crippen LogP contribution in [0.2, 0.25) is 0 Å². The fourth-order valence-electron chi connectivity index (χ4n) is 3.92. The predicted molar refractivity (Wildman–Crippen MR) is 129 cm³/mol. The molecule has 4 aromatic rings. The average Bonchev–Trinajstić information content (AvgIpc) is 3.21. The van der Waals surface area contributed by atoms with Crippen molar-refractivity contribution in [1.82, 2.24) is 14.5 Å². The maximum atomic E-state index is 13.1. The van der Waals surface area contributed by atoms with Crippen molar-refractivity contribution in [2.24, 2.45) is 5.73 Å². The Bertz CT molecular complexity index is 1550. The topological polar surface area (TPSA) is 168 Å². The number of aromatic amines is 1. The molecule has 0 bridgehead atoms. The number of amides is 1. The van der Waals surface area contributed by atoms with Crippen LogP contribution in [0.3, 0.4) is 0 Å². The van der Waals surface area contributed by atoms with Crippen LogP contribution in [0.25, 0.3) is 28.0 Å². The predicted octanol–water partition coefficient (Wildman–Crippen LogP) is 2.21. The molecule has 12 heteroatoms. The highest BCUT2D eigenvalue weighted by Gasteiger charge is 2.22. The van der Waals surface area contributed by atoms with Crippen LogP contribution in [0.15, 0.2) is 41.2 Å². The van der Waals surface area contributed by atoms with Crippen LogP contribution in [0.1, 0.15) is 20.8 Å². The van der Waals surface area contributed by atoms with E-state index in [9.17, 15) is 19.5 Å². The van der Waals surface area contributed by atoms with Crippen molar-refractivity contribution in [1.29, 1.82) is 0 Å². The third-order valence-electron chi connectivity index (χ3n) is 5.54. The first kappa shape index (κ1) is 24.1. The van der Waals surface area contributed by atoms with Crippen molar-refractivity contribution in [3.05, 3.63) is 58.1 Å². The number of aromatic nitrogens is 3. The lowest BCUT2D eigenvalue weighted by Gasteiger charge is -2.15. The quantitative estimate of drug-likeness (QED) is 0.332.